The van der Waals surface area contributed by atoms with E-state index in [0.717, 1.165) is 18.7 Å². The van der Waals surface area contributed by atoms with Crippen LogP contribution in [-0.4, -0.2) is 28.9 Å². The molecule has 1 aromatic heterocycles. The number of hydrogen-bond acceptors (Lipinski definition) is 3. The fraction of sp³-hybridized carbons (Fsp3) is 0.700. The van der Waals surface area contributed by atoms with Gasteiger partial charge in [-0.05, 0) is 13.0 Å². The number of halogens is 3. The van der Waals surface area contributed by atoms with Crippen LogP contribution in [0.15, 0.2) is 12.5 Å². The first-order valence-electron chi connectivity index (χ1n) is 5.37. The van der Waals surface area contributed by atoms with E-state index in [1.54, 1.807) is 6.20 Å². The van der Waals surface area contributed by atoms with Gasteiger partial charge in [0.05, 0.1) is 12.0 Å². The zero-order valence-corrected chi connectivity index (χ0v) is 9.63. The van der Waals surface area contributed by atoms with Gasteiger partial charge in [-0.25, -0.2) is 4.98 Å². The molecular weight excluding hydrogens is 235 g/mol. The number of nitrogens with one attached hydrogen (secondary N) is 1. The monoisotopic (exact) mass is 251 g/mol. The number of alkyl halides is 3. The smallest absolute Gasteiger partial charge is 0.351 e. The van der Waals surface area contributed by atoms with Gasteiger partial charge in [-0.2, -0.15) is 13.2 Å². The van der Waals surface area contributed by atoms with E-state index in [0.29, 0.717) is 6.54 Å². The van der Waals surface area contributed by atoms with Crippen molar-refractivity contribution in [3.63, 3.8) is 0 Å². The molecule has 1 aromatic rings. The summed E-state index contributed by atoms with van der Waals surface area (Å²) in [5.41, 5.74) is 0.786. The molecule has 0 saturated heterocycles. The van der Waals surface area contributed by atoms with Gasteiger partial charge in [-0.15, -0.1) is 0 Å². The molecule has 0 aliphatic heterocycles. The topological polar surface area (TPSA) is 39.1 Å². The van der Waals surface area contributed by atoms with Crippen LogP contribution in [-0.2, 0) is 18.0 Å². The third-order valence-corrected chi connectivity index (χ3v) is 1.93. The first-order chi connectivity index (χ1) is 8.01. The van der Waals surface area contributed by atoms with Crippen LogP contribution >= 0.6 is 0 Å². The van der Waals surface area contributed by atoms with Crippen LogP contribution < -0.4 is 5.32 Å². The Morgan fingerprint density at radius 2 is 2.24 bits per heavy atom. The fourth-order valence-electron chi connectivity index (χ4n) is 1.23. The van der Waals surface area contributed by atoms with Crippen molar-refractivity contribution in [1.29, 1.82) is 0 Å². The molecule has 0 spiro atoms. The minimum Gasteiger partial charge on any atom is -0.351 e. The molecule has 0 aliphatic rings. The maximum absolute atomic E-state index is 11.8. The number of ether oxygens (including phenoxy) is 1. The van der Waals surface area contributed by atoms with Crippen molar-refractivity contribution in [1.82, 2.24) is 14.9 Å². The normalized spacial score (nSPS) is 12.0. The molecule has 0 amide bonds. The molecule has 0 aliphatic carbocycles. The van der Waals surface area contributed by atoms with E-state index in [1.807, 2.05) is 0 Å². The van der Waals surface area contributed by atoms with E-state index in [1.165, 1.54) is 10.9 Å². The molecule has 1 heterocycles. The van der Waals surface area contributed by atoms with Gasteiger partial charge < -0.3 is 14.6 Å². The lowest BCUT2D eigenvalue weighted by Gasteiger charge is -2.07. The second-order valence-electron chi connectivity index (χ2n) is 3.65. The summed E-state index contributed by atoms with van der Waals surface area (Å²) in [5.74, 6) is 0. The van der Waals surface area contributed by atoms with Crippen molar-refractivity contribution in [2.24, 2.45) is 0 Å². The van der Waals surface area contributed by atoms with Gasteiger partial charge in [0.15, 0.2) is 0 Å². The minimum atomic E-state index is -4.29. The first kappa shape index (κ1) is 14.0. The van der Waals surface area contributed by atoms with E-state index in [4.69, 9.17) is 0 Å². The fourth-order valence-corrected chi connectivity index (χ4v) is 1.23. The largest absolute Gasteiger partial charge is 0.411 e. The summed E-state index contributed by atoms with van der Waals surface area (Å²) >= 11 is 0. The standard InChI is InChI=1S/C10H16F3N3O/c1-2-3-14-4-9-5-16(7-15-9)8-17-6-10(11,12)13/h5,7,14H,2-4,6,8H2,1H3. The highest BCUT2D eigenvalue weighted by atomic mass is 19.4. The summed E-state index contributed by atoms with van der Waals surface area (Å²) in [6.45, 7) is 2.17. The molecule has 0 saturated carbocycles. The van der Waals surface area contributed by atoms with Crippen molar-refractivity contribution >= 4 is 0 Å². The van der Waals surface area contributed by atoms with Gasteiger partial charge in [0.1, 0.15) is 13.3 Å². The average molecular weight is 251 g/mol. The third kappa shape index (κ3) is 6.28. The summed E-state index contributed by atoms with van der Waals surface area (Å²) in [6.07, 6.45) is -0.139. The lowest BCUT2D eigenvalue weighted by atomic mass is 10.4. The highest BCUT2D eigenvalue weighted by Crippen LogP contribution is 2.14. The number of aromatic nitrogens is 2. The SMILES string of the molecule is CCCNCc1cn(COCC(F)(F)F)cn1. The third-order valence-electron chi connectivity index (χ3n) is 1.93. The molecule has 0 unspecified atom stereocenters. The molecule has 0 bridgehead atoms. The predicted octanol–water partition coefficient (Wildman–Crippen LogP) is 1.92. The molecule has 1 rings (SSSR count). The molecule has 0 fully saturated rings. The molecule has 4 nitrogen and oxygen atoms in total. The summed E-state index contributed by atoms with van der Waals surface area (Å²) < 4.78 is 41.4. The van der Waals surface area contributed by atoms with Crippen LogP contribution in [0, 0.1) is 0 Å². The van der Waals surface area contributed by atoms with E-state index < -0.39 is 12.8 Å². The molecule has 0 aromatic carbocycles. The molecule has 17 heavy (non-hydrogen) atoms. The Kier molecular flexibility index (Phi) is 5.43. The maximum Gasteiger partial charge on any atom is 0.411 e. The molecular formula is C10H16F3N3O. The Labute approximate surface area is 97.8 Å². The van der Waals surface area contributed by atoms with Crippen molar-refractivity contribution in [3.8, 4) is 0 Å². The molecule has 1 N–H and O–H groups in total. The average Bonchev–Trinajstić information content (AvgIpc) is 2.64. The van der Waals surface area contributed by atoms with E-state index in [9.17, 15) is 13.2 Å². The Hall–Kier alpha value is -1.08. The summed E-state index contributed by atoms with van der Waals surface area (Å²) in [7, 11) is 0. The molecule has 7 heteroatoms. The lowest BCUT2D eigenvalue weighted by Crippen LogP contribution is -2.18. The van der Waals surface area contributed by atoms with Crippen LogP contribution in [0.5, 0.6) is 0 Å². The van der Waals surface area contributed by atoms with Crippen LogP contribution in [0.4, 0.5) is 13.2 Å². The van der Waals surface area contributed by atoms with Gasteiger partial charge in [0, 0.05) is 12.7 Å². The van der Waals surface area contributed by atoms with E-state index >= 15 is 0 Å². The van der Waals surface area contributed by atoms with Gasteiger partial charge in [-0.1, -0.05) is 6.92 Å². The zero-order chi connectivity index (χ0) is 12.7. The highest BCUT2D eigenvalue weighted by molar-refractivity contribution is 4.95. The minimum absolute atomic E-state index is 0.139. The predicted molar refractivity (Wildman–Crippen MR) is 56.2 cm³/mol. The molecule has 98 valence electrons. The Morgan fingerprint density at radius 1 is 1.47 bits per heavy atom. The highest BCUT2D eigenvalue weighted by Gasteiger charge is 2.27. The quantitative estimate of drug-likeness (QED) is 0.752. The van der Waals surface area contributed by atoms with Gasteiger partial charge in [-0.3, -0.25) is 0 Å². The Balaban J connectivity index is 2.26. The van der Waals surface area contributed by atoms with Crippen LogP contribution in [0.3, 0.4) is 0 Å². The maximum atomic E-state index is 11.8. The van der Waals surface area contributed by atoms with Crippen LogP contribution in [0.2, 0.25) is 0 Å². The Morgan fingerprint density at radius 3 is 2.88 bits per heavy atom. The number of hydrogen-bond donors (Lipinski definition) is 1. The van der Waals surface area contributed by atoms with Gasteiger partial charge in [0.25, 0.3) is 0 Å². The van der Waals surface area contributed by atoms with E-state index in [-0.39, 0.29) is 6.73 Å². The van der Waals surface area contributed by atoms with Crippen LogP contribution in [0.25, 0.3) is 0 Å². The van der Waals surface area contributed by atoms with Gasteiger partial charge >= 0.3 is 6.18 Å². The van der Waals surface area contributed by atoms with Crippen molar-refractivity contribution < 1.29 is 17.9 Å². The summed E-state index contributed by atoms with van der Waals surface area (Å²) in [4.78, 5) is 4.04. The Bertz CT molecular complexity index is 325. The summed E-state index contributed by atoms with van der Waals surface area (Å²) in [5, 5.41) is 3.15. The number of rotatable bonds is 7. The van der Waals surface area contributed by atoms with Gasteiger partial charge in [0.2, 0.25) is 0 Å². The number of imidazole rings is 1. The van der Waals surface area contributed by atoms with Crippen molar-refractivity contribution in [3.05, 3.63) is 18.2 Å². The lowest BCUT2D eigenvalue weighted by molar-refractivity contribution is -0.181. The number of nitrogens with zero attached hydrogens (tertiary/aromatic N) is 2. The van der Waals surface area contributed by atoms with E-state index in [2.05, 4.69) is 22.0 Å². The van der Waals surface area contributed by atoms with Crippen molar-refractivity contribution in [2.75, 3.05) is 13.2 Å². The zero-order valence-electron chi connectivity index (χ0n) is 9.63. The van der Waals surface area contributed by atoms with Crippen LogP contribution in [0.1, 0.15) is 19.0 Å². The van der Waals surface area contributed by atoms with Crippen molar-refractivity contribution in [2.45, 2.75) is 32.8 Å². The first-order valence-corrected chi connectivity index (χ1v) is 5.37. The molecule has 0 radical (unpaired) electrons. The second kappa shape index (κ2) is 6.61. The summed E-state index contributed by atoms with van der Waals surface area (Å²) in [6, 6.07) is 0. The second-order valence-corrected chi connectivity index (χ2v) is 3.65. The molecule has 0 atom stereocenters.